The van der Waals surface area contributed by atoms with Crippen molar-refractivity contribution in [3.05, 3.63) is 47.2 Å². The van der Waals surface area contributed by atoms with E-state index in [1.54, 1.807) is 36.7 Å². The Hall–Kier alpha value is -2.01. The van der Waals surface area contributed by atoms with Crippen LogP contribution in [0.25, 0.3) is 0 Å². The third kappa shape index (κ3) is 3.22. The van der Waals surface area contributed by atoms with Crippen LogP contribution >= 0.6 is 11.6 Å². The van der Waals surface area contributed by atoms with Crippen LogP contribution in [0.2, 0.25) is 5.02 Å². The van der Waals surface area contributed by atoms with E-state index in [-0.39, 0.29) is 6.03 Å². The molecule has 0 aliphatic carbocycles. The number of H-pyrrole nitrogens is 1. The summed E-state index contributed by atoms with van der Waals surface area (Å²) in [5, 5.41) is 12.3. The second-order valence-electron chi connectivity index (χ2n) is 3.39. The number of aromatic amines is 1. The molecule has 3 N–H and O–H groups in total. The first-order valence-electron chi connectivity index (χ1n) is 5.03. The highest BCUT2D eigenvalue weighted by Gasteiger charge is 2.04. The average Bonchev–Trinajstić information content (AvgIpc) is 2.82. The van der Waals surface area contributed by atoms with Crippen molar-refractivity contribution in [2.24, 2.45) is 0 Å². The molecule has 0 bridgehead atoms. The molecule has 2 amide bonds. The Bertz CT molecular complexity index is 498. The Labute approximate surface area is 103 Å². The van der Waals surface area contributed by atoms with Crippen LogP contribution in [0.1, 0.15) is 5.56 Å². The van der Waals surface area contributed by atoms with Gasteiger partial charge in [-0.1, -0.05) is 23.7 Å². The van der Waals surface area contributed by atoms with Gasteiger partial charge >= 0.3 is 6.03 Å². The van der Waals surface area contributed by atoms with Gasteiger partial charge in [-0.3, -0.25) is 5.10 Å². The van der Waals surface area contributed by atoms with Crippen molar-refractivity contribution in [1.82, 2.24) is 15.5 Å². The number of hydrogen-bond donors (Lipinski definition) is 3. The number of anilines is 1. The standard InChI is InChI=1S/C11H11ClN4O/c12-9-3-1-2-4-10(9)16-11(17)13-5-8-6-14-15-7-8/h1-4,6-7H,5H2,(H,14,15)(H2,13,16,17). The molecule has 0 saturated heterocycles. The Morgan fingerprint density at radius 2 is 2.24 bits per heavy atom. The van der Waals surface area contributed by atoms with Crippen molar-refractivity contribution in [3.63, 3.8) is 0 Å². The largest absolute Gasteiger partial charge is 0.334 e. The number of carbonyl (C=O) groups is 1. The van der Waals surface area contributed by atoms with Crippen LogP contribution in [-0.2, 0) is 6.54 Å². The average molecular weight is 251 g/mol. The van der Waals surface area contributed by atoms with Crippen LogP contribution in [0.4, 0.5) is 10.5 Å². The first-order valence-corrected chi connectivity index (χ1v) is 5.40. The maximum atomic E-state index is 11.5. The number of benzene rings is 1. The van der Waals surface area contributed by atoms with Crippen molar-refractivity contribution >= 4 is 23.3 Å². The monoisotopic (exact) mass is 250 g/mol. The normalized spacial score (nSPS) is 9.94. The Morgan fingerprint density at radius 3 is 2.94 bits per heavy atom. The summed E-state index contributed by atoms with van der Waals surface area (Å²) < 4.78 is 0. The van der Waals surface area contributed by atoms with Crippen molar-refractivity contribution in [3.8, 4) is 0 Å². The van der Waals surface area contributed by atoms with Gasteiger partial charge in [-0.2, -0.15) is 5.10 Å². The lowest BCUT2D eigenvalue weighted by molar-refractivity contribution is 0.251. The van der Waals surface area contributed by atoms with E-state index in [9.17, 15) is 4.79 Å². The van der Waals surface area contributed by atoms with Gasteiger partial charge in [0.2, 0.25) is 0 Å². The van der Waals surface area contributed by atoms with Crippen LogP contribution in [0.5, 0.6) is 0 Å². The highest BCUT2D eigenvalue weighted by molar-refractivity contribution is 6.33. The highest BCUT2D eigenvalue weighted by atomic mass is 35.5. The van der Waals surface area contributed by atoms with Crippen LogP contribution in [-0.4, -0.2) is 16.2 Å². The zero-order valence-corrected chi connectivity index (χ0v) is 9.66. The Balaban J connectivity index is 1.87. The van der Waals surface area contributed by atoms with Crippen molar-refractivity contribution in [2.75, 3.05) is 5.32 Å². The summed E-state index contributed by atoms with van der Waals surface area (Å²) in [6.07, 6.45) is 3.37. The second-order valence-corrected chi connectivity index (χ2v) is 3.80. The number of aromatic nitrogens is 2. The van der Waals surface area contributed by atoms with E-state index in [1.165, 1.54) is 0 Å². The topological polar surface area (TPSA) is 69.8 Å². The lowest BCUT2D eigenvalue weighted by Crippen LogP contribution is -2.28. The zero-order chi connectivity index (χ0) is 12.1. The predicted molar refractivity (Wildman–Crippen MR) is 65.9 cm³/mol. The molecule has 0 aliphatic heterocycles. The molecule has 1 aromatic heterocycles. The van der Waals surface area contributed by atoms with Gasteiger partial charge in [0, 0.05) is 18.3 Å². The molecule has 88 valence electrons. The van der Waals surface area contributed by atoms with Gasteiger partial charge in [-0.05, 0) is 12.1 Å². The van der Waals surface area contributed by atoms with Crippen molar-refractivity contribution in [1.29, 1.82) is 0 Å². The summed E-state index contributed by atoms with van der Waals surface area (Å²) in [5.41, 5.74) is 1.48. The number of halogens is 1. The van der Waals surface area contributed by atoms with Crippen molar-refractivity contribution < 1.29 is 4.79 Å². The van der Waals surface area contributed by atoms with E-state index in [1.807, 2.05) is 0 Å². The molecule has 0 unspecified atom stereocenters. The SMILES string of the molecule is O=C(NCc1cn[nH]c1)Nc1ccccc1Cl. The van der Waals surface area contributed by atoms with E-state index in [0.717, 1.165) is 5.56 Å². The minimum atomic E-state index is -0.306. The van der Waals surface area contributed by atoms with E-state index >= 15 is 0 Å². The van der Waals surface area contributed by atoms with Crippen LogP contribution in [0, 0.1) is 0 Å². The molecular formula is C11H11ClN4O. The molecule has 2 rings (SSSR count). The minimum absolute atomic E-state index is 0.306. The molecule has 0 saturated carbocycles. The lowest BCUT2D eigenvalue weighted by atomic mass is 10.3. The first kappa shape index (κ1) is 11.5. The maximum Gasteiger partial charge on any atom is 0.319 e. The van der Waals surface area contributed by atoms with Gasteiger partial charge in [0.15, 0.2) is 0 Å². The summed E-state index contributed by atoms with van der Waals surface area (Å²) in [6, 6.07) is 6.75. The lowest BCUT2D eigenvalue weighted by Gasteiger charge is -2.07. The van der Waals surface area contributed by atoms with E-state index < -0.39 is 0 Å². The van der Waals surface area contributed by atoms with E-state index in [0.29, 0.717) is 17.3 Å². The van der Waals surface area contributed by atoms with Crippen molar-refractivity contribution in [2.45, 2.75) is 6.54 Å². The van der Waals surface area contributed by atoms with Gasteiger partial charge in [0.1, 0.15) is 0 Å². The van der Waals surface area contributed by atoms with E-state index in [4.69, 9.17) is 11.6 Å². The fraction of sp³-hybridized carbons (Fsp3) is 0.0909. The Morgan fingerprint density at radius 1 is 1.41 bits per heavy atom. The van der Waals surface area contributed by atoms with Gasteiger partial charge in [-0.15, -0.1) is 0 Å². The summed E-state index contributed by atoms with van der Waals surface area (Å²) in [4.78, 5) is 11.5. The number of para-hydroxylation sites is 1. The molecule has 1 aromatic carbocycles. The second kappa shape index (κ2) is 5.36. The first-order chi connectivity index (χ1) is 8.25. The minimum Gasteiger partial charge on any atom is -0.334 e. The maximum absolute atomic E-state index is 11.5. The smallest absolute Gasteiger partial charge is 0.319 e. The molecule has 0 aliphatic rings. The fourth-order valence-electron chi connectivity index (χ4n) is 1.29. The van der Waals surface area contributed by atoms with Gasteiger partial charge in [0.25, 0.3) is 0 Å². The quantitative estimate of drug-likeness (QED) is 0.783. The Kier molecular flexibility index (Phi) is 3.62. The van der Waals surface area contributed by atoms with Crippen LogP contribution < -0.4 is 10.6 Å². The molecular weight excluding hydrogens is 240 g/mol. The molecule has 0 atom stereocenters. The third-order valence-electron chi connectivity index (χ3n) is 2.13. The number of urea groups is 1. The summed E-state index contributed by atoms with van der Waals surface area (Å²) in [6.45, 7) is 0.410. The highest BCUT2D eigenvalue weighted by Crippen LogP contribution is 2.19. The van der Waals surface area contributed by atoms with Crippen LogP contribution in [0.3, 0.4) is 0 Å². The zero-order valence-electron chi connectivity index (χ0n) is 8.90. The molecule has 2 aromatic rings. The molecule has 5 nitrogen and oxygen atoms in total. The van der Waals surface area contributed by atoms with Gasteiger partial charge in [-0.25, -0.2) is 4.79 Å². The molecule has 1 heterocycles. The summed E-state index contributed by atoms with van der Waals surface area (Å²) in [5.74, 6) is 0. The number of carbonyl (C=O) groups excluding carboxylic acids is 1. The molecule has 17 heavy (non-hydrogen) atoms. The number of nitrogens with zero attached hydrogens (tertiary/aromatic N) is 1. The molecule has 6 heteroatoms. The number of rotatable bonds is 3. The molecule has 0 radical (unpaired) electrons. The van der Waals surface area contributed by atoms with Gasteiger partial charge in [0.05, 0.1) is 16.9 Å². The van der Waals surface area contributed by atoms with Gasteiger partial charge < -0.3 is 10.6 Å². The molecule has 0 spiro atoms. The predicted octanol–water partition coefficient (Wildman–Crippen LogP) is 2.38. The number of nitrogens with one attached hydrogen (secondary N) is 3. The molecule has 0 fully saturated rings. The third-order valence-corrected chi connectivity index (χ3v) is 2.46. The number of amides is 2. The summed E-state index contributed by atoms with van der Waals surface area (Å²) in [7, 11) is 0. The van der Waals surface area contributed by atoms with E-state index in [2.05, 4.69) is 20.8 Å². The number of hydrogen-bond acceptors (Lipinski definition) is 2. The fourth-order valence-corrected chi connectivity index (χ4v) is 1.47. The summed E-state index contributed by atoms with van der Waals surface area (Å²) >= 11 is 5.91. The van der Waals surface area contributed by atoms with Crippen LogP contribution in [0.15, 0.2) is 36.7 Å².